The smallest absolute Gasteiger partial charge is 0.320 e. The second-order valence-electron chi connectivity index (χ2n) is 4.62. The van der Waals surface area contributed by atoms with E-state index in [4.69, 9.17) is 10.8 Å². The largest absolute Gasteiger partial charge is 0.480 e. The van der Waals surface area contributed by atoms with Gasteiger partial charge in [-0.25, -0.2) is 0 Å². The predicted molar refractivity (Wildman–Crippen MR) is 49.2 cm³/mol. The molecule has 0 radical (unpaired) electrons. The number of fused-ring (bicyclic) bond motifs is 2. The summed E-state index contributed by atoms with van der Waals surface area (Å²) < 4.78 is 0. The molecule has 13 heavy (non-hydrogen) atoms. The van der Waals surface area contributed by atoms with Crippen LogP contribution in [0.5, 0.6) is 0 Å². The molecule has 0 saturated heterocycles. The van der Waals surface area contributed by atoms with Gasteiger partial charge in [-0.05, 0) is 43.4 Å². The topological polar surface area (TPSA) is 63.3 Å². The number of rotatable bonds is 3. The van der Waals surface area contributed by atoms with Gasteiger partial charge in [0, 0.05) is 0 Å². The normalized spacial score (nSPS) is 39.3. The van der Waals surface area contributed by atoms with Crippen LogP contribution in [0.25, 0.3) is 0 Å². The summed E-state index contributed by atoms with van der Waals surface area (Å²) in [7, 11) is 0. The van der Waals surface area contributed by atoms with Crippen LogP contribution in [0.2, 0.25) is 0 Å². The fourth-order valence-corrected chi connectivity index (χ4v) is 3.09. The van der Waals surface area contributed by atoms with Crippen LogP contribution >= 0.6 is 0 Å². The molecule has 0 amide bonds. The van der Waals surface area contributed by atoms with Crippen molar-refractivity contribution < 1.29 is 9.90 Å². The van der Waals surface area contributed by atoms with Gasteiger partial charge in [-0.2, -0.15) is 0 Å². The summed E-state index contributed by atoms with van der Waals surface area (Å²) in [6.45, 7) is 0. The first kappa shape index (κ1) is 9.00. The highest BCUT2D eigenvalue weighted by Crippen LogP contribution is 2.49. The number of carbonyl (C=O) groups is 1. The maximum Gasteiger partial charge on any atom is 0.320 e. The first-order chi connectivity index (χ1) is 6.16. The Morgan fingerprint density at radius 3 is 2.69 bits per heavy atom. The molecule has 2 aliphatic rings. The lowest BCUT2D eigenvalue weighted by atomic mass is 9.84. The number of aliphatic carboxylic acids is 1. The van der Waals surface area contributed by atoms with Crippen molar-refractivity contribution in [3.8, 4) is 0 Å². The van der Waals surface area contributed by atoms with Gasteiger partial charge in [-0.3, -0.25) is 4.79 Å². The van der Waals surface area contributed by atoms with E-state index in [1.54, 1.807) is 0 Å². The highest BCUT2D eigenvalue weighted by Gasteiger charge is 2.40. The Balaban J connectivity index is 1.86. The molecule has 4 atom stereocenters. The third kappa shape index (κ3) is 1.70. The summed E-state index contributed by atoms with van der Waals surface area (Å²) >= 11 is 0. The van der Waals surface area contributed by atoms with Crippen LogP contribution in [-0.4, -0.2) is 17.1 Å². The van der Waals surface area contributed by atoms with Crippen LogP contribution in [0.3, 0.4) is 0 Å². The zero-order valence-corrected chi connectivity index (χ0v) is 7.78. The van der Waals surface area contributed by atoms with E-state index >= 15 is 0 Å². The molecular formula is C10H17NO2. The molecule has 2 fully saturated rings. The summed E-state index contributed by atoms with van der Waals surface area (Å²) in [5.74, 6) is 1.43. The summed E-state index contributed by atoms with van der Waals surface area (Å²) in [4.78, 5) is 10.6. The predicted octanol–water partition coefficient (Wildman–Crippen LogP) is 1.22. The van der Waals surface area contributed by atoms with Crippen LogP contribution in [0.1, 0.15) is 32.1 Å². The Morgan fingerprint density at radius 1 is 1.46 bits per heavy atom. The molecule has 0 aromatic rings. The van der Waals surface area contributed by atoms with E-state index in [1.807, 2.05) is 0 Å². The van der Waals surface area contributed by atoms with Crippen LogP contribution in [0.15, 0.2) is 0 Å². The van der Waals surface area contributed by atoms with Gasteiger partial charge in [0.25, 0.3) is 0 Å². The minimum absolute atomic E-state index is 0.602. The standard InChI is InChI=1S/C10H17NO2/c11-9(10(12)13)5-8-4-6-1-2-7(8)3-6/h6-9H,1-5,11H2,(H,12,13). The Kier molecular flexibility index (Phi) is 2.28. The van der Waals surface area contributed by atoms with E-state index in [0.717, 1.165) is 11.8 Å². The van der Waals surface area contributed by atoms with Gasteiger partial charge in [0.05, 0.1) is 0 Å². The third-order valence-corrected chi connectivity index (χ3v) is 3.76. The van der Waals surface area contributed by atoms with Gasteiger partial charge in [0.1, 0.15) is 6.04 Å². The number of hydrogen-bond donors (Lipinski definition) is 2. The van der Waals surface area contributed by atoms with Gasteiger partial charge in [0.2, 0.25) is 0 Å². The summed E-state index contributed by atoms with van der Waals surface area (Å²) in [6, 6.07) is -0.635. The molecule has 2 aliphatic carbocycles. The van der Waals surface area contributed by atoms with Crippen LogP contribution < -0.4 is 5.73 Å². The van der Waals surface area contributed by atoms with Gasteiger partial charge >= 0.3 is 5.97 Å². The van der Waals surface area contributed by atoms with E-state index in [9.17, 15) is 4.79 Å². The quantitative estimate of drug-likeness (QED) is 0.691. The maximum atomic E-state index is 10.6. The highest BCUT2D eigenvalue weighted by atomic mass is 16.4. The van der Waals surface area contributed by atoms with Crippen LogP contribution in [-0.2, 0) is 4.79 Å². The number of hydrogen-bond acceptors (Lipinski definition) is 2. The molecule has 4 unspecified atom stereocenters. The van der Waals surface area contributed by atoms with Crippen molar-refractivity contribution in [3.63, 3.8) is 0 Å². The number of carboxylic acid groups (broad SMARTS) is 1. The van der Waals surface area contributed by atoms with Gasteiger partial charge in [-0.1, -0.05) is 6.42 Å². The second-order valence-corrected chi connectivity index (χ2v) is 4.62. The second kappa shape index (κ2) is 3.29. The number of nitrogens with two attached hydrogens (primary N) is 1. The monoisotopic (exact) mass is 183 g/mol. The van der Waals surface area contributed by atoms with Crippen LogP contribution in [0.4, 0.5) is 0 Å². The van der Waals surface area contributed by atoms with Crippen LogP contribution in [0, 0.1) is 17.8 Å². The molecule has 2 bridgehead atoms. The molecule has 0 aromatic carbocycles. The minimum atomic E-state index is -0.845. The molecule has 0 aliphatic heterocycles. The molecule has 0 aromatic heterocycles. The Bertz CT molecular complexity index is 217. The number of carboxylic acids is 1. The van der Waals surface area contributed by atoms with Crippen molar-refractivity contribution in [3.05, 3.63) is 0 Å². The van der Waals surface area contributed by atoms with E-state index in [0.29, 0.717) is 12.3 Å². The average molecular weight is 183 g/mol. The highest BCUT2D eigenvalue weighted by molar-refractivity contribution is 5.73. The van der Waals surface area contributed by atoms with Gasteiger partial charge in [0.15, 0.2) is 0 Å². The van der Waals surface area contributed by atoms with E-state index in [-0.39, 0.29) is 0 Å². The van der Waals surface area contributed by atoms with Crippen molar-refractivity contribution in [2.45, 2.75) is 38.1 Å². The van der Waals surface area contributed by atoms with E-state index in [1.165, 1.54) is 25.7 Å². The zero-order valence-electron chi connectivity index (χ0n) is 7.78. The fourth-order valence-electron chi connectivity index (χ4n) is 3.09. The lowest BCUT2D eigenvalue weighted by Gasteiger charge is -2.22. The lowest BCUT2D eigenvalue weighted by molar-refractivity contribution is -0.139. The Hall–Kier alpha value is -0.570. The molecule has 3 heteroatoms. The summed E-state index contributed by atoms with van der Waals surface area (Å²) in [5.41, 5.74) is 5.53. The van der Waals surface area contributed by atoms with E-state index < -0.39 is 12.0 Å². The van der Waals surface area contributed by atoms with Crippen molar-refractivity contribution >= 4 is 5.97 Å². The molecule has 3 nitrogen and oxygen atoms in total. The molecule has 0 spiro atoms. The lowest BCUT2D eigenvalue weighted by Crippen LogP contribution is -2.33. The van der Waals surface area contributed by atoms with Crippen molar-refractivity contribution in [2.24, 2.45) is 23.5 Å². The summed E-state index contributed by atoms with van der Waals surface area (Å²) in [6.07, 6.45) is 5.92. The maximum absolute atomic E-state index is 10.6. The molecule has 0 heterocycles. The zero-order chi connectivity index (χ0) is 9.42. The molecule has 2 rings (SSSR count). The first-order valence-electron chi connectivity index (χ1n) is 5.15. The average Bonchev–Trinajstić information content (AvgIpc) is 2.64. The van der Waals surface area contributed by atoms with Gasteiger partial charge in [-0.15, -0.1) is 0 Å². The summed E-state index contributed by atoms with van der Waals surface area (Å²) in [5, 5.41) is 8.69. The van der Waals surface area contributed by atoms with E-state index in [2.05, 4.69) is 0 Å². The first-order valence-corrected chi connectivity index (χ1v) is 5.15. The Morgan fingerprint density at radius 2 is 2.23 bits per heavy atom. The van der Waals surface area contributed by atoms with Crippen molar-refractivity contribution in [1.82, 2.24) is 0 Å². The van der Waals surface area contributed by atoms with Crippen molar-refractivity contribution in [1.29, 1.82) is 0 Å². The molecule has 3 N–H and O–H groups in total. The molecule has 2 saturated carbocycles. The fraction of sp³-hybridized carbons (Fsp3) is 0.900. The minimum Gasteiger partial charge on any atom is -0.480 e. The van der Waals surface area contributed by atoms with Crippen molar-refractivity contribution in [2.75, 3.05) is 0 Å². The molecular weight excluding hydrogens is 166 g/mol. The SMILES string of the molecule is NC(CC1CC2CCC1C2)C(=O)O. The molecule has 74 valence electrons. The Labute approximate surface area is 78.3 Å². The van der Waals surface area contributed by atoms with Gasteiger partial charge < -0.3 is 10.8 Å². The third-order valence-electron chi connectivity index (χ3n) is 3.76.